The second-order valence-electron chi connectivity index (χ2n) is 2.88. The van der Waals surface area contributed by atoms with E-state index in [0.717, 1.165) is 23.2 Å². The van der Waals surface area contributed by atoms with Crippen molar-refractivity contribution in [1.82, 2.24) is 9.36 Å². The van der Waals surface area contributed by atoms with Crippen LogP contribution in [0.3, 0.4) is 0 Å². The molecule has 1 fully saturated rings. The van der Waals surface area contributed by atoms with Crippen LogP contribution in [-0.2, 0) is 6.42 Å². The Kier molecular flexibility index (Phi) is 1.45. The fraction of sp³-hybridized carbons (Fsp3) is 0.714. The fourth-order valence-corrected chi connectivity index (χ4v) is 1.50. The van der Waals surface area contributed by atoms with E-state index in [1.807, 2.05) is 6.92 Å². The second kappa shape index (κ2) is 2.31. The van der Waals surface area contributed by atoms with Crippen molar-refractivity contribution < 1.29 is 0 Å². The molecule has 1 aromatic heterocycles. The first-order valence-corrected chi connectivity index (χ1v) is 4.41. The Balaban J connectivity index is 2.03. The van der Waals surface area contributed by atoms with Crippen LogP contribution in [0.2, 0.25) is 0 Å². The minimum Gasteiger partial charge on any atom is -0.225 e. The Bertz CT molecular complexity index is 227. The Morgan fingerprint density at radius 3 is 2.90 bits per heavy atom. The van der Waals surface area contributed by atoms with Gasteiger partial charge in [-0.2, -0.15) is 4.37 Å². The molecule has 0 saturated heterocycles. The SMILES string of the molecule is Cc1nc(CC2CC2)ns1. The summed E-state index contributed by atoms with van der Waals surface area (Å²) in [7, 11) is 0. The minimum atomic E-state index is 0.911. The van der Waals surface area contributed by atoms with Crippen LogP contribution in [0, 0.1) is 12.8 Å². The van der Waals surface area contributed by atoms with Crippen molar-refractivity contribution in [2.24, 2.45) is 5.92 Å². The van der Waals surface area contributed by atoms with E-state index in [0.29, 0.717) is 0 Å². The summed E-state index contributed by atoms with van der Waals surface area (Å²) in [6.45, 7) is 2.01. The molecule has 1 heterocycles. The standard InChI is InChI=1S/C7H10N2S/c1-5-8-7(9-10-5)4-6-2-3-6/h6H,2-4H2,1H3. The van der Waals surface area contributed by atoms with Crippen molar-refractivity contribution in [2.75, 3.05) is 0 Å². The molecule has 0 N–H and O–H groups in total. The molecule has 0 radical (unpaired) electrons. The number of hydrogen-bond acceptors (Lipinski definition) is 3. The second-order valence-corrected chi connectivity index (χ2v) is 3.83. The summed E-state index contributed by atoms with van der Waals surface area (Å²) in [5.74, 6) is 1.97. The summed E-state index contributed by atoms with van der Waals surface area (Å²) in [6, 6.07) is 0. The van der Waals surface area contributed by atoms with Gasteiger partial charge in [0.25, 0.3) is 0 Å². The lowest BCUT2D eigenvalue weighted by Gasteiger charge is -1.86. The molecule has 0 atom stereocenters. The van der Waals surface area contributed by atoms with Crippen molar-refractivity contribution in [2.45, 2.75) is 26.2 Å². The first-order valence-electron chi connectivity index (χ1n) is 3.64. The van der Waals surface area contributed by atoms with E-state index in [4.69, 9.17) is 0 Å². The summed E-state index contributed by atoms with van der Waals surface area (Å²) in [4.78, 5) is 4.30. The molecule has 3 heteroatoms. The average Bonchev–Trinajstić information content (AvgIpc) is 2.59. The highest BCUT2D eigenvalue weighted by Gasteiger charge is 2.22. The average molecular weight is 154 g/mol. The van der Waals surface area contributed by atoms with Crippen LogP contribution in [0.25, 0.3) is 0 Å². The smallest absolute Gasteiger partial charge is 0.142 e. The molecule has 1 saturated carbocycles. The molecule has 1 aliphatic rings. The van der Waals surface area contributed by atoms with Gasteiger partial charge in [0.05, 0.1) is 0 Å². The van der Waals surface area contributed by atoms with Crippen molar-refractivity contribution >= 4 is 11.5 Å². The Labute approximate surface area is 64.5 Å². The van der Waals surface area contributed by atoms with E-state index < -0.39 is 0 Å². The number of nitrogens with zero attached hydrogens (tertiary/aromatic N) is 2. The number of aryl methyl sites for hydroxylation is 1. The lowest BCUT2D eigenvalue weighted by atomic mass is 10.3. The van der Waals surface area contributed by atoms with Gasteiger partial charge in [0.1, 0.15) is 10.8 Å². The summed E-state index contributed by atoms with van der Waals surface area (Å²) >= 11 is 1.51. The third kappa shape index (κ3) is 1.34. The Morgan fingerprint density at radius 2 is 2.40 bits per heavy atom. The van der Waals surface area contributed by atoms with E-state index in [-0.39, 0.29) is 0 Å². The molecule has 0 aromatic carbocycles. The van der Waals surface area contributed by atoms with Gasteiger partial charge in [-0.05, 0) is 37.2 Å². The van der Waals surface area contributed by atoms with Gasteiger partial charge < -0.3 is 0 Å². The van der Waals surface area contributed by atoms with Crippen LogP contribution in [0.15, 0.2) is 0 Å². The fourth-order valence-electron chi connectivity index (χ4n) is 1.00. The van der Waals surface area contributed by atoms with Gasteiger partial charge in [-0.15, -0.1) is 0 Å². The predicted octanol–water partition coefficient (Wildman–Crippen LogP) is 1.80. The highest BCUT2D eigenvalue weighted by atomic mass is 32.1. The maximum absolute atomic E-state index is 4.30. The third-order valence-electron chi connectivity index (χ3n) is 1.74. The third-order valence-corrected chi connectivity index (χ3v) is 2.40. The maximum Gasteiger partial charge on any atom is 0.142 e. The lowest BCUT2D eigenvalue weighted by Crippen LogP contribution is -1.88. The Morgan fingerprint density at radius 1 is 1.60 bits per heavy atom. The number of rotatable bonds is 2. The molecule has 1 aliphatic carbocycles. The monoisotopic (exact) mass is 154 g/mol. The normalized spacial score (nSPS) is 17.7. The first kappa shape index (κ1) is 6.28. The van der Waals surface area contributed by atoms with Crippen molar-refractivity contribution in [1.29, 1.82) is 0 Å². The lowest BCUT2D eigenvalue weighted by molar-refractivity contribution is 0.785. The van der Waals surface area contributed by atoms with E-state index in [1.165, 1.54) is 24.4 Å². The van der Waals surface area contributed by atoms with E-state index in [2.05, 4.69) is 9.36 Å². The molecule has 0 amide bonds. The van der Waals surface area contributed by atoms with Crippen LogP contribution in [0.1, 0.15) is 23.7 Å². The van der Waals surface area contributed by atoms with Crippen molar-refractivity contribution in [3.63, 3.8) is 0 Å². The largest absolute Gasteiger partial charge is 0.225 e. The van der Waals surface area contributed by atoms with Crippen molar-refractivity contribution in [3.8, 4) is 0 Å². The number of aromatic nitrogens is 2. The molecule has 0 unspecified atom stereocenters. The molecule has 0 bridgehead atoms. The van der Waals surface area contributed by atoms with Crippen LogP contribution in [0.5, 0.6) is 0 Å². The predicted molar refractivity (Wildman–Crippen MR) is 41.1 cm³/mol. The summed E-state index contributed by atoms with van der Waals surface area (Å²) in [5, 5.41) is 1.09. The zero-order valence-corrected chi connectivity index (χ0v) is 6.82. The molecular weight excluding hydrogens is 144 g/mol. The first-order chi connectivity index (χ1) is 4.84. The molecule has 0 aliphatic heterocycles. The van der Waals surface area contributed by atoms with Gasteiger partial charge in [-0.1, -0.05) is 0 Å². The van der Waals surface area contributed by atoms with E-state index >= 15 is 0 Å². The van der Waals surface area contributed by atoms with Crippen LogP contribution < -0.4 is 0 Å². The number of hydrogen-bond donors (Lipinski definition) is 0. The van der Waals surface area contributed by atoms with Crippen LogP contribution in [0.4, 0.5) is 0 Å². The van der Waals surface area contributed by atoms with Gasteiger partial charge in [0.2, 0.25) is 0 Å². The molecule has 54 valence electrons. The summed E-state index contributed by atoms with van der Waals surface area (Å²) < 4.78 is 4.23. The minimum absolute atomic E-state index is 0.911. The van der Waals surface area contributed by atoms with Gasteiger partial charge in [0, 0.05) is 6.42 Å². The van der Waals surface area contributed by atoms with Crippen LogP contribution >= 0.6 is 11.5 Å². The van der Waals surface area contributed by atoms with Crippen LogP contribution in [-0.4, -0.2) is 9.36 Å². The molecule has 1 aromatic rings. The van der Waals surface area contributed by atoms with Gasteiger partial charge in [-0.25, -0.2) is 4.98 Å². The van der Waals surface area contributed by atoms with E-state index in [9.17, 15) is 0 Å². The topological polar surface area (TPSA) is 25.8 Å². The molecule has 0 spiro atoms. The van der Waals surface area contributed by atoms with Gasteiger partial charge >= 0.3 is 0 Å². The quantitative estimate of drug-likeness (QED) is 0.649. The zero-order chi connectivity index (χ0) is 6.97. The van der Waals surface area contributed by atoms with E-state index in [1.54, 1.807) is 0 Å². The summed E-state index contributed by atoms with van der Waals surface area (Å²) in [6.07, 6.45) is 3.89. The summed E-state index contributed by atoms with van der Waals surface area (Å²) in [5.41, 5.74) is 0. The van der Waals surface area contributed by atoms with Gasteiger partial charge in [0.15, 0.2) is 0 Å². The Hall–Kier alpha value is -0.440. The van der Waals surface area contributed by atoms with Crippen molar-refractivity contribution in [3.05, 3.63) is 10.8 Å². The molecule has 2 rings (SSSR count). The highest BCUT2D eigenvalue weighted by molar-refractivity contribution is 7.05. The molecule has 10 heavy (non-hydrogen) atoms. The maximum atomic E-state index is 4.30. The highest BCUT2D eigenvalue weighted by Crippen LogP contribution is 2.31. The zero-order valence-electron chi connectivity index (χ0n) is 6.00. The van der Waals surface area contributed by atoms with Gasteiger partial charge in [-0.3, -0.25) is 0 Å². The molecular formula is C7H10N2S. The molecule has 2 nitrogen and oxygen atoms in total.